The summed E-state index contributed by atoms with van der Waals surface area (Å²) in [7, 11) is -3.05. The number of rotatable bonds is 3. The molecule has 2 rings (SSSR count). The van der Waals surface area contributed by atoms with Gasteiger partial charge < -0.3 is 11.1 Å². The third kappa shape index (κ3) is 3.12. The van der Waals surface area contributed by atoms with E-state index in [9.17, 15) is 13.2 Å². The number of carbonyl (C=O) groups is 1. The lowest BCUT2D eigenvalue weighted by Crippen LogP contribution is -2.43. The number of sulfone groups is 1. The number of hydrogen-bond donors (Lipinski definition) is 3. The van der Waals surface area contributed by atoms with Crippen molar-refractivity contribution in [1.29, 1.82) is 0 Å². The van der Waals surface area contributed by atoms with Gasteiger partial charge in [0.25, 0.3) is 5.91 Å². The first kappa shape index (κ1) is 14.8. The SMILES string of the molecule is CC(C)c1[nH]nc(C(=O)NC2CCCS(=O)(=O)C2)c1N. The van der Waals surface area contributed by atoms with Gasteiger partial charge in [-0.3, -0.25) is 9.89 Å². The summed E-state index contributed by atoms with van der Waals surface area (Å²) >= 11 is 0. The fraction of sp³-hybridized carbons (Fsp3) is 0.667. The van der Waals surface area contributed by atoms with Crippen LogP contribution in [0.5, 0.6) is 0 Å². The van der Waals surface area contributed by atoms with Crippen molar-refractivity contribution in [3.05, 3.63) is 11.4 Å². The zero-order chi connectivity index (χ0) is 14.9. The van der Waals surface area contributed by atoms with E-state index in [-0.39, 0.29) is 29.2 Å². The molecule has 1 aliphatic heterocycles. The molecule has 1 atom stereocenters. The second kappa shape index (κ2) is 5.43. The van der Waals surface area contributed by atoms with Crippen molar-refractivity contribution in [2.75, 3.05) is 17.2 Å². The molecular weight excluding hydrogens is 280 g/mol. The van der Waals surface area contributed by atoms with Crippen LogP contribution in [-0.2, 0) is 9.84 Å². The summed E-state index contributed by atoms with van der Waals surface area (Å²) in [4.78, 5) is 12.1. The molecule has 1 aromatic heterocycles. The maximum absolute atomic E-state index is 12.1. The Hall–Kier alpha value is -1.57. The van der Waals surface area contributed by atoms with E-state index in [2.05, 4.69) is 15.5 Å². The number of aromatic amines is 1. The first-order valence-corrected chi connectivity index (χ1v) is 8.47. The van der Waals surface area contributed by atoms with E-state index in [0.29, 0.717) is 24.2 Å². The van der Waals surface area contributed by atoms with Gasteiger partial charge in [0.15, 0.2) is 15.5 Å². The highest BCUT2D eigenvalue weighted by atomic mass is 32.2. The van der Waals surface area contributed by atoms with Crippen molar-refractivity contribution >= 4 is 21.4 Å². The Labute approximate surface area is 118 Å². The minimum Gasteiger partial charge on any atom is -0.395 e. The summed E-state index contributed by atoms with van der Waals surface area (Å²) in [6.45, 7) is 3.89. The molecular formula is C12H20N4O3S. The fourth-order valence-corrected chi connectivity index (χ4v) is 4.00. The molecule has 0 spiro atoms. The zero-order valence-electron chi connectivity index (χ0n) is 11.6. The minimum atomic E-state index is -3.05. The van der Waals surface area contributed by atoms with E-state index in [1.807, 2.05) is 13.8 Å². The van der Waals surface area contributed by atoms with Crippen LogP contribution in [-0.4, -0.2) is 42.1 Å². The third-order valence-electron chi connectivity index (χ3n) is 3.42. The Morgan fingerprint density at radius 1 is 1.50 bits per heavy atom. The number of aromatic nitrogens is 2. The molecule has 1 amide bonds. The molecule has 0 aromatic carbocycles. The van der Waals surface area contributed by atoms with Crippen LogP contribution in [0.25, 0.3) is 0 Å². The first-order chi connectivity index (χ1) is 9.30. The predicted octanol–water partition coefficient (Wildman–Crippen LogP) is 0.422. The lowest BCUT2D eigenvalue weighted by molar-refractivity contribution is 0.0934. The average Bonchev–Trinajstić information content (AvgIpc) is 2.69. The molecule has 112 valence electrons. The summed E-state index contributed by atoms with van der Waals surface area (Å²) in [5.74, 6) is -0.103. The van der Waals surface area contributed by atoms with Crippen LogP contribution in [0, 0.1) is 0 Å². The lowest BCUT2D eigenvalue weighted by Gasteiger charge is -2.22. The van der Waals surface area contributed by atoms with Crippen molar-refractivity contribution in [2.24, 2.45) is 0 Å². The Bertz CT molecular complexity index is 606. The summed E-state index contributed by atoms with van der Waals surface area (Å²) in [6.07, 6.45) is 1.23. The van der Waals surface area contributed by atoms with Gasteiger partial charge in [-0.25, -0.2) is 8.42 Å². The number of H-pyrrole nitrogens is 1. The van der Waals surface area contributed by atoms with Crippen LogP contribution in [0.2, 0.25) is 0 Å². The van der Waals surface area contributed by atoms with Crippen LogP contribution >= 0.6 is 0 Å². The smallest absolute Gasteiger partial charge is 0.274 e. The molecule has 0 aliphatic carbocycles. The molecule has 8 heteroatoms. The second-order valence-electron chi connectivity index (χ2n) is 5.48. The first-order valence-electron chi connectivity index (χ1n) is 6.65. The Morgan fingerprint density at radius 2 is 2.20 bits per heavy atom. The third-order valence-corrected chi connectivity index (χ3v) is 5.25. The Morgan fingerprint density at radius 3 is 2.75 bits per heavy atom. The van der Waals surface area contributed by atoms with Gasteiger partial charge in [-0.05, 0) is 18.8 Å². The molecule has 2 heterocycles. The molecule has 20 heavy (non-hydrogen) atoms. The van der Waals surface area contributed by atoms with Gasteiger partial charge in [0.2, 0.25) is 0 Å². The van der Waals surface area contributed by atoms with Crippen LogP contribution in [0.15, 0.2) is 0 Å². The molecule has 7 nitrogen and oxygen atoms in total. The highest BCUT2D eigenvalue weighted by Gasteiger charge is 2.28. The molecule has 1 saturated heterocycles. The van der Waals surface area contributed by atoms with Gasteiger partial charge in [0.1, 0.15) is 0 Å². The number of anilines is 1. The number of nitrogen functional groups attached to an aromatic ring is 1. The predicted molar refractivity (Wildman–Crippen MR) is 76.2 cm³/mol. The minimum absolute atomic E-state index is 0.0138. The maximum atomic E-state index is 12.1. The summed E-state index contributed by atoms with van der Waals surface area (Å²) in [5, 5.41) is 9.38. The summed E-state index contributed by atoms with van der Waals surface area (Å²) < 4.78 is 23.1. The van der Waals surface area contributed by atoms with Crippen LogP contribution in [0.3, 0.4) is 0 Å². The van der Waals surface area contributed by atoms with E-state index in [0.717, 1.165) is 0 Å². The van der Waals surface area contributed by atoms with Crippen LogP contribution in [0.1, 0.15) is 48.8 Å². The Balaban J connectivity index is 2.09. The molecule has 0 radical (unpaired) electrons. The molecule has 1 fully saturated rings. The van der Waals surface area contributed by atoms with Gasteiger partial charge in [-0.2, -0.15) is 5.10 Å². The number of nitrogens with two attached hydrogens (primary N) is 1. The van der Waals surface area contributed by atoms with E-state index in [1.165, 1.54) is 0 Å². The van der Waals surface area contributed by atoms with Crippen molar-refractivity contribution in [1.82, 2.24) is 15.5 Å². The van der Waals surface area contributed by atoms with Gasteiger partial charge in [0, 0.05) is 6.04 Å². The van der Waals surface area contributed by atoms with Gasteiger partial charge in [-0.15, -0.1) is 0 Å². The van der Waals surface area contributed by atoms with Gasteiger partial charge >= 0.3 is 0 Å². The van der Waals surface area contributed by atoms with E-state index in [4.69, 9.17) is 5.73 Å². The van der Waals surface area contributed by atoms with Crippen LogP contribution < -0.4 is 11.1 Å². The quantitative estimate of drug-likeness (QED) is 0.747. The second-order valence-corrected chi connectivity index (χ2v) is 7.71. The standard InChI is InChI=1S/C12H20N4O3S/c1-7(2)10-9(13)11(16-15-10)12(17)14-8-4-3-5-20(18,19)6-8/h7-8H,3-6,13H2,1-2H3,(H,14,17)(H,15,16). The fourth-order valence-electron chi connectivity index (χ4n) is 2.37. The highest BCUT2D eigenvalue weighted by Crippen LogP contribution is 2.22. The topological polar surface area (TPSA) is 118 Å². The number of amides is 1. The van der Waals surface area contributed by atoms with E-state index < -0.39 is 15.7 Å². The molecule has 1 aliphatic rings. The number of nitrogens with one attached hydrogen (secondary N) is 2. The Kier molecular flexibility index (Phi) is 4.03. The largest absolute Gasteiger partial charge is 0.395 e. The average molecular weight is 300 g/mol. The summed E-state index contributed by atoms with van der Waals surface area (Å²) in [5.41, 5.74) is 7.07. The molecule has 0 bridgehead atoms. The van der Waals surface area contributed by atoms with Crippen molar-refractivity contribution in [3.63, 3.8) is 0 Å². The maximum Gasteiger partial charge on any atom is 0.274 e. The number of carbonyl (C=O) groups excluding carboxylic acids is 1. The number of hydrogen-bond acceptors (Lipinski definition) is 5. The van der Waals surface area contributed by atoms with Crippen molar-refractivity contribution in [2.45, 2.75) is 38.6 Å². The molecule has 0 saturated carbocycles. The van der Waals surface area contributed by atoms with E-state index in [1.54, 1.807) is 0 Å². The summed E-state index contributed by atoms with van der Waals surface area (Å²) in [6, 6.07) is -0.361. The van der Waals surface area contributed by atoms with Crippen LogP contribution in [0.4, 0.5) is 5.69 Å². The van der Waals surface area contributed by atoms with Crippen molar-refractivity contribution < 1.29 is 13.2 Å². The lowest BCUT2D eigenvalue weighted by atomic mass is 10.1. The number of nitrogens with zero attached hydrogens (tertiary/aromatic N) is 1. The highest BCUT2D eigenvalue weighted by molar-refractivity contribution is 7.91. The van der Waals surface area contributed by atoms with Gasteiger partial charge in [0.05, 0.1) is 22.9 Å². The monoisotopic (exact) mass is 300 g/mol. The molecule has 1 unspecified atom stereocenters. The normalized spacial score (nSPS) is 21.9. The zero-order valence-corrected chi connectivity index (χ0v) is 12.5. The van der Waals surface area contributed by atoms with Crippen molar-refractivity contribution in [3.8, 4) is 0 Å². The van der Waals surface area contributed by atoms with Gasteiger partial charge in [-0.1, -0.05) is 13.8 Å². The van der Waals surface area contributed by atoms with E-state index >= 15 is 0 Å². The molecule has 1 aromatic rings. The molecule has 4 N–H and O–H groups in total.